The van der Waals surface area contributed by atoms with E-state index >= 15 is 0 Å². The molecule has 18 heavy (non-hydrogen) atoms. The summed E-state index contributed by atoms with van der Waals surface area (Å²) in [6.45, 7) is 8.72. The number of hydrogen-bond acceptors (Lipinski definition) is 2. The molecule has 0 bridgehead atoms. The van der Waals surface area contributed by atoms with E-state index < -0.39 is 0 Å². The molecule has 1 N–H and O–H groups in total. The Morgan fingerprint density at radius 1 is 1.28 bits per heavy atom. The lowest BCUT2D eigenvalue weighted by atomic mass is 9.97. The van der Waals surface area contributed by atoms with Crippen molar-refractivity contribution >= 4 is 5.57 Å². The van der Waals surface area contributed by atoms with E-state index in [-0.39, 0.29) is 0 Å². The van der Waals surface area contributed by atoms with Gasteiger partial charge in [-0.15, -0.1) is 0 Å². The van der Waals surface area contributed by atoms with Gasteiger partial charge in [0.2, 0.25) is 0 Å². The molecule has 1 saturated heterocycles. The molecule has 2 heteroatoms. The van der Waals surface area contributed by atoms with Crippen molar-refractivity contribution < 1.29 is 0 Å². The molecule has 0 aromatic heterocycles. The highest BCUT2D eigenvalue weighted by atomic mass is 15.1. The predicted molar refractivity (Wildman–Crippen MR) is 78.6 cm³/mol. The van der Waals surface area contributed by atoms with Gasteiger partial charge in [0.1, 0.15) is 0 Å². The monoisotopic (exact) mass is 244 g/mol. The van der Waals surface area contributed by atoms with E-state index in [2.05, 4.69) is 54.2 Å². The van der Waals surface area contributed by atoms with Crippen LogP contribution < -0.4 is 5.32 Å². The molecule has 0 spiro atoms. The van der Waals surface area contributed by atoms with Gasteiger partial charge in [0.25, 0.3) is 0 Å². The molecule has 98 valence electrons. The van der Waals surface area contributed by atoms with Gasteiger partial charge in [0, 0.05) is 13.1 Å². The summed E-state index contributed by atoms with van der Waals surface area (Å²) in [4.78, 5) is 2.41. The van der Waals surface area contributed by atoms with Gasteiger partial charge >= 0.3 is 0 Å². The van der Waals surface area contributed by atoms with Crippen LogP contribution in [0.15, 0.2) is 36.9 Å². The molecular formula is C16H24N2. The van der Waals surface area contributed by atoms with Crippen LogP contribution in [0.1, 0.15) is 18.4 Å². The first-order valence-corrected chi connectivity index (χ1v) is 6.88. The topological polar surface area (TPSA) is 15.3 Å². The van der Waals surface area contributed by atoms with Gasteiger partial charge in [-0.25, -0.2) is 0 Å². The Morgan fingerprint density at radius 3 is 2.61 bits per heavy atom. The van der Waals surface area contributed by atoms with Gasteiger partial charge < -0.3 is 10.2 Å². The van der Waals surface area contributed by atoms with Crippen molar-refractivity contribution in [1.29, 1.82) is 0 Å². The SMILES string of the molecule is C=C(CN(C)CC1CCNCC1)c1ccccc1. The molecule has 1 heterocycles. The number of rotatable bonds is 5. The van der Waals surface area contributed by atoms with E-state index in [4.69, 9.17) is 0 Å². The molecule has 0 aliphatic carbocycles. The van der Waals surface area contributed by atoms with Crippen molar-refractivity contribution in [2.45, 2.75) is 12.8 Å². The van der Waals surface area contributed by atoms with Crippen molar-refractivity contribution in [3.05, 3.63) is 42.5 Å². The molecule has 1 aromatic carbocycles. The van der Waals surface area contributed by atoms with Crippen LogP contribution in [0, 0.1) is 5.92 Å². The Hall–Kier alpha value is -1.12. The van der Waals surface area contributed by atoms with Gasteiger partial charge in [-0.2, -0.15) is 0 Å². The van der Waals surface area contributed by atoms with Crippen LogP contribution in [-0.4, -0.2) is 38.1 Å². The maximum atomic E-state index is 4.20. The third-order valence-corrected chi connectivity index (χ3v) is 3.67. The number of piperidine rings is 1. The summed E-state index contributed by atoms with van der Waals surface area (Å²) < 4.78 is 0. The Balaban J connectivity index is 1.80. The molecule has 0 radical (unpaired) electrons. The van der Waals surface area contributed by atoms with Gasteiger partial charge in [-0.05, 0) is 50.0 Å². The molecule has 0 unspecified atom stereocenters. The van der Waals surface area contributed by atoms with Gasteiger partial charge in [-0.1, -0.05) is 36.9 Å². The molecule has 1 aliphatic rings. The minimum atomic E-state index is 0.847. The summed E-state index contributed by atoms with van der Waals surface area (Å²) in [5.41, 5.74) is 2.47. The number of likely N-dealkylation sites (N-methyl/N-ethyl adjacent to an activating group) is 1. The lowest BCUT2D eigenvalue weighted by Crippen LogP contribution is -2.35. The molecule has 1 fully saturated rings. The molecule has 0 atom stereocenters. The Morgan fingerprint density at radius 2 is 1.94 bits per heavy atom. The summed E-state index contributed by atoms with van der Waals surface area (Å²) in [6, 6.07) is 10.5. The summed E-state index contributed by atoms with van der Waals surface area (Å²) in [7, 11) is 2.20. The summed E-state index contributed by atoms with van der Waals surface area (Å²) >= 11 is 0. The standard InChI is InChI=1S/C16H24N2/c1-14(16-6-4-3-5-7-16)12-18(2)13-15-8-10-17-11-9-15/h3-7,15,17H,1,8-13H2,2H3. The maximum absolute atomic E-state index is 4.20. The fourth-order valence-corrected chi connectivity index (χ4v) is 2.66. The largest absolute Gasteiger partial charge is 0.317 e. The summed E-state index contributed by atoms with van der Waals surface area (Å²) in [5.74, 6) is 0.847. The maximum Gasteiger partial charge on any atom is 0.0230 e. The number of benzene rings is 1. The van der Waals surface area contributed by atoms with Crippen molar-refractivity contribution in [1.82, 2.24) is 10.2 Å². The minimum absolute atomic E-state index is 0.847. The third kappa shape index (κ3) is 3.97. The van der Waals surface area contributed by atoms with Crippen molar-refractivity contribution in [2.24, 2.45) is 5.92 Å². The molecule has 2 rings (SSSR count). The van der Waals surface area contributed by atoms with Gasteiger partial charge in [0.15, 0.2) is 0 Å². The van der Waals surface area contributed by atoms with Crippen molar-refractivity contribution in [3.63, 3.8) is 0 Å². The van der Waals surface area contributed by atoms with E-state index in [1.165, 1.54) is 43.6 Å². The van der Waals surface area contributed by atoms with Crippen LogP contribution in [0.25, 0.3) is 5.57 Å². The average molecular weight is 244 g/mol. The molecule has 0 amide bonds. The minimum Gasteiger partial charge on any atom is -0.317 e. The number of nitrogens with one attached hydrogen (secondary N) is 1. The Kier molecular flexibility index (Phi) is 4.97. The van der Waals surface area contributed by atoms with Crippen LogP contribution in [0.3, 0.4) is 0 Å². The van der Waals surface area contributed by atoms with Crippen LogP contribution in [0.4, 0.5) is 0 Å². The quantitative estimate of drug-likeness (QED) is 0.856. The third-order valence-electron chi connectivity index (χ3n) is 3.67. The highest BCUT2D eigenvalue weighted by Crippen LogP contribution is 2.16. The number of hydrogen-bond donors (Lipinski definition) is 1. The van der Waals surface area contributed by atoms with E-state index in [1.807, 2.05) is 0 Å². The first-order chi connectivity index (χ1) is 8.75. The first-order valence-electron chi connectivity index (χ1n) is 6.88. The van der Waals surface area contributed by atoms with Gasteiger partial charge in [0.05, 0.1) is 0 Å². The van der Waals surface area contributed by atoms with Crippen molar-refractivity contribution in [3.8, 4) is 0 Å². The second kappa shape index (κ2) is 6.72. The predicted octanol–water partition coefficient (Wildman–Crippen LogP) is 2.63. The van der Waals surface area contributed by atoms with E-state index in [9.17, 15) is 0 Å². The molecular weight excluding hydrogens is 220 g/mol. The highest BCUT2D eigenvalue weighted by molar-refractivity contribution is 5.64. The summed E-state index contributed by atoms with van der Waals surface area (Å²) in [5, 5.41) is 3.42. The second-order valence-electron chi connectivity index (χ2n) is 5.36. The normalized spacial score (nSPS) is 17.0. The fourth-order valence-electron chi connectivity index (χ4n) is 2.66. The Labute approximate surface area is 111 Å². The highest BCUT2D eigenvalue weighted by Gasteiger charge is 2.15. The molecule has 2 nitrogen and oxygen atoms in total. The van der Waals surface area contributed by atoms with E-state index in [0.29, 0.717) is 0 Å². The zero-order valence-electron chi connectivity index (χ0n) is 11.4. The molecule has 1 aromatic rings. The second-order valence-corrected chi connectivity index (χ2v) is 5.36. The van der Waals surface area contributed by atoms with Crippen LogP contribution in [0.2, 0.25) is 0 Å². The lowest BCUT2D eigenvalue weighted by molar-refractivity contribution is 0.259. The zero-order valence-corrected chi connectivity index (χ0v) is 11.4. The summed E-state index contributed by atoms with van der Waals surface area (Å²) in [6.07, 6.45) is 2.62. The smallest absolute Gasteiger partial charge is 0.0230 e. The first kappa shape index (κ1) is 13.3. The van der Waals surface area contributed by atoms with Crippen LogP contribution >= 0.6 is 0 Å². The van der Waals surface area contributed by atoms with Crippen molar-refractivity contribution in [2.75, 3.05) is 33.2 Å². The van der Waals surface area contributed by atoms with E-state index in [1.54, 1.807) is 0 Å². The lowest BCUT2D eigenvalue weighted by Gasteiger charge is -2.28. The fraction of sp³-hybridized carbons (Fsp3) is 0.500. The zero-order chi connectivity index (χ0) is 12.8. The Bertz CT molecular complexity index is 366. The van der Waals surface area contributed by atoms with Crippen LogP contribution in [-0.2, 0) is 0 Å². The van der Waals surface area contributed by atoms with E-state index in [0.717, 1.165) is 12.5 Å². The van der Waals surface area contributed by atoms with Gasteiger partial charge in [-0.3, -0.25) is 0 Å². The number of nitrogens with zero attached hydrogens (tertiary/aromatic N) is 1. The molecule has 1 aliphatic heterocycles. The average Bonchev–Trinajstić information content (AvgIpc) is 2.40. The van der Waals surface area contributed by atoms with Crippen LogP contribution in [0.5, 0.6) is 0 Å². The molecule has 0 saturated carbocycles.